The molecule has 0 aliphatic carbocycles. The van der Waals surface area contributed by atoms with Gasteiger partial charge in [-0.15, -0.1) is 0 Å². The van der Waals surface area contributed by atoms with Gasteiger partial charge < -0.3 is 15.2 Å². The van der Waals surface area contributed by atoms with Crippen LogP contribution in [-0.4, -0.2) is 30.8 Å². The molecule has 1 aliphatic heterocycles. The van der Waals surface area contributed by atoms with E-state index in [1.165, 1.54) is 0 Å². The second-order valence-corrected chi connectivity index (χ2v) is 3.35. The molecule has 1 unspecified atom stereocenters. The highest BCUT2D eigenvalue weighted by Crippen LogP contribution is 2.21. The minimum atomic E-state index is -0.735. The van der Waals surface area contributed by atoms with E-state index in [0.29, 0.717) is 13.2 Å². The van der Waals surface area contributed by atoms with Gasteiger partial charge in [0, 0.05) is 6.42 Å². The molecule has 0 amide bonds. The highest BCUT2D eigenvalue weighted by Gasteiger charge is 2.41. The molecule has 0 radical (unpaired) electrons. The average molecular weight is 227 g/mol. The third-order valence-electron chi connectivity index (χ3n) is 1.83. The number of esters is 1. The van der Waals surface area contributed by atoms with Gasteiger partial charge in [-0.2, -0.15) is 0 Å². The fourth-order valence-corrected chi connectivity index (χ4v) is 0.979. The first-order valence-electron chi connectivity index (χ1n) is 5.66. The Morgan fingerprint density at radius 1 is 1.56 bits per heavy atom. The molecule has 1 saturated heterocycles. The van der Waals surface area contributed by atoms with Gasteiger partial charge in [-0.1, -0.05) is 32.6 Å². The maximum atomic E-state index is 11.2. The quantitative estimate of drug-likeness (QED) is 0.566. The van der Waals surface area contributed by atoms with E-state index >= 15 is 0 Å². The summed E-state index contributed by atoms with van der Waals surface area (Å²) in [5, 5.41) is 0. The summed E-state index contributed by atoms with van der Waals surface area (Å²) in [7, 11) is 0. The van der Waals surface area contributed by atoms with E-state index in [0.717, 1.165) is 6.42 Å². The van der Waals surface area contributed by atoms with Gasteiger partial charge in [-0.25, -0.2) is 0 Å². The van der Waals surface area contributed by atoms with Crippen LogP contribution in [0.5, 0.6) is 0 Å². The zero-order valence-electron chi connectivity index (χ0n) is 10.5. The number of hydrogen-bond acceptors (Lipinski definition) is 4. The van der Waals surface area contributed by atoms with Crippen LogP contribution < -0.4 is 5.73 Å². The molecular formula is C12H21NO3. The van der Waals surface area contributed by atoms with E-state index < -0.39 is 17.6 Å². The average Bonchev–Trinajstić information content (AvgIpc) is 2.24. The third kappa shape index (κ3) is 4.21. The van der Waals surface area contributed by atoms with Crippen LogP contribution in [0.15, 0.2) is 0 Å². The minimum Gasteiger partial charge on any atom is -0.440 e. The second kappa shape index (κ2) is 7.26. The molecule has 0 aromatic rings. The van der Waals surface area contributed by atoms with Crippen LogP contribution in [-0.2, 0) is 14.3 Å². The molecule has 0 bridgehead atoms. The van der Waals surface area contributed by atoms with E-state index in [2.05, 4.69) is 11.8 Å². The number of rotatable bonds is 2. The van der Waals surface area contributed by atoms with Crippen LogP contribution in [0, 0.1) is 11.8 Å². The Bertz CT molecular complexity index is 272. The molecule has 0 spiro atoms. The minimum absolute atomic E-state index is 0.346. The largest absolute Gasteiger partial charge is 0.440 e. The number of carbonyl (C=O) groups excluding carboxylic acids is 1. The monoisotopic (exact) mass is 227 g/mol. The lowest BCUT2D eigenvalue weighted by atomic mass is 10.0. The smallest absolute Gasteiger partial charge is 0.324 e. The third-order valence-corrected chi connectivity index (χ3v) is 1.83. The van der Waals surface area contributed by atoms with Crippen molar-refractivity contribution in [3.8, 4) is 11.8 Å². The lowest BCUT2D eigenvalue weighted by Crippen LogP contribution is -2.53. The van der Waals surface area contributed by atoms with Gasteiger partial charge in [0.05, 0.1) is 0 Å². The van der Waals surface area contributed by atoms with Crippen molar-refractivity contribution in [3.05, 3.63) is 0 Å². The van der Waals surface area contributed by atoms with Crippen molar-refractivity contribution in [1.82, 2.24) is 0 Å². The number of hydrogen-bond donors (Lipinski definition) is 1. The molecule has 16 heavy (non-hydrogen) atoms. The Morgan fingerprint density at radius 3 is 2.44 bits per heavy atom. The first-order chi connectivity index (χ1) is 7.59. The van der Waals surface area contributed by atoms with Crippen molar-refractivity contribution in [2.75, 3.05) is 13.2 Å². The summed E-state index contributed by atoms with van der Waals surface area (Å²) >= 11 is 0. The summed E-state index contributed by atoms with van der Waals surface area (Å²) in [6, 6.07) is -0.615. The van der Waals surface area contributed by atoms with Crippen molar-refractivity contribution in [1.29, 1.82) is 0 Å². The van der Waals surface area contributed by atoms with Gasteiger partial charge in [-0.05, 0) is 6.92 Å². The molecule has 0 aromatic heterocycles. The van der Waals surface area contributed by atoms with Crippen molar-refractivity contribution >= 4 is 5.97 Å². The molecule has 0 aromatic carbocycles. The van der Waals surface area contributed by atoms with Crippen LogP contribution in [0.3, 0.4) is 0 Å². The summed E-state index contributed by atoms with van der Waals surface area (Å²) < 4.78 is 10.2. The predicted octanol–water partition coefficient (Wildman–Crippen LogP) is 1.09. The molecule has 4 heteroatoms. The zero-order valence-corrected chi connectivity index (χ0v) is 10.5. The molecule has 1 rings (SSSR count). The fourth-order valence-electron chi connectivity index (χ4n) is 0.979. The van der Waals surface area contributed by atoms with Gasteiger partial charge in [0.2, 0.25) is 5.60 Å². The van der Waals surface area contributed by atoms with Gasteiger partial charge in [0.1, 0.15) is 19.3 Å². The van der Waals surface area contributed by atoms with Crippen molar-refractivity contribution in [2.24, 2.45) is 5.73 Å². The fraction of sp³-hybridized carbons (Fsp3) is 0.750. The molecule has 4 nitrogen and oxygen atoms in total. The Morgan fingerprint density at radius 2 is 2.12 bits per heavy atom. The Balaban J connectivity index is 0.00000106. The SMILES string of the molecule is CC.CCC#CC1(OC(=O)C(C)N)COC1. The Labute approximate surface area is 97.5 Å². The summed E-state index contributed by atoms with van der Waals surface area (Å²) in [4.78, 5) is 11.2. The van der Waals surface area contributed by atoms with Crippen molar-refractivity contribution in [3.63, 3.8) is 0 Å². The van der Waals surface area contributed by atoms with E-state index in [-0.39, 0.29) is 0 Å². The van der Waals surface area contributed by atoms with Crippen LogP contribution in [0.1, 0.15) is 34.1 Å². The first-order valence-corrected chi connectivity index (χ1v) is 5.66. The van der Waals surface area contributed by atoms with Gasteiger partial charge in [-0.3, -0.25) is 4.79 Å². The normalized spacial score (nSPS) is 17.8. The van der Waals surface area contributed by atoms with Crippen LogP contribution in [0.25, 0.3) is 0 Å². The summed E-state index contributed by atoms with van der Waals surface area (Å²) in [6.07, 6.45) is 0.734. The molecular weight excluding hydrogens is 206 g/mol. The summed E-state index contributed by atoms with van der Waals surface area (Å²) in [5.41, 5.74) is 4.65. The molecule has 1 atom stereocenters. The van der Waals surface area contributed by atoms with E-state index in [4.69, 9.17) is 15.2 Å². The second-order valence-electron chi connectivity index (χ2n) is 3.35. The maximum Gasteiger partial charge on any atom is 0.324 e. The van der Waals surface area contributed by atoms with Gasteiger partial charge >= 0.3 is 5.97 Å². The Kier molecular flexibility index (Phi) is 6.78. The maximum absolute atomic E-state index is 11.2. The standard InChI is InChI=1S/C10H15NO3.C2H6/c1-3-4-5-10(6-13-7-10)14-9(12)8(2)11;1-2/h8H,3,6-7,11H2,1-2H3;1-2H3. The number of nitrogens with two attached hydrogens (primary N) is 1. The van der Waals surface area contributed by atoms with Crippen LogP contribution >= 0.6 is 0 Å². The van der Waals surface area contributed by atoms with Crippen LogP contribution in [0.4, 0.5) is 0 Å². The van der Waals surface area contributed by atoms with Crippen molar-refractivity contribution < 1.29 is 14.3 Å². The van der Waals surface area contributed by atoms with E-state index in [1.807, 2.05) is 20.8 Å². The lowest BCUT2D eigenvalue weighted by molar-refractivity contribution is -0.193. The van der Waals surface area contributed by atoms with E-state index in [9.17, 15) is 4.79 Å². The molecule has 0 saturated carbocycles. The highest BCUT2D eigenvalue weighted by molar-refractivity contribution is 5.75. The zero-order chi connectivity index (χ0) is 12.6. The summed E-state index contributed by atoms with van der Waals surface area (Å²) in [5.74, 6) is 5.35. The summed E-state index contributed by atoms with van der Waals surface area (Å²) in [6.45, 7) is 8.22. The topological polar surface area (TPSA) is 61.5 Å². The Hall–Kier alpha value is -1.05. The molecule has 1 fully saturated rings. The number of carbonyl (C=O) groups is 1. The van der Waals surface area contributed by atoms with Crippen molar-refractivity contribution in [2.45, 2.75) is 45.8 Å². The van der Waals surface area contributed by atoms with Gasteiger partial charge in [0.25, 0.3) is 0 Å². The first kappa shape index (κ1) is 14.9. The number of ether oxygens (including phenoxy) is 2. The molecule has 92 valence electrons. The lowest BCUT2D eigenvalue weighted by Gasteiger charge is -2.36. The highest BCUT2D eigenvalue weighted by atomic mass is 16.6. The molecule has 1 aliphatic rings. The predicted molar refractivity (Wildman–Crippen MR) is 62.7 cm³/mol. The van der Waals surface area contributed by atoms with Crippen LogP contribution in [0.2, 0.25) is 0 Å². The van der Waals surface area contributed by atoms with E-state index in [1.54, 1.807) is 6.92 Å². The molecule has 1 heterocycles. The van der Waals surface area contributed by atoms with Gasteiger partial charge in [0.15, 0.2) is 0 Å². The molecule has 2 N–H and O–H groups in total.